The summed E-state index contributed by atoms with van der Waals surface area (Å²) in [7, 11) is 2.17. The Balaban J connectivity index is 2.29. The summed E-state index contributed by atoms with van der Waals surface area (Å²) in [5, 5.41) is 0. The van der Waals surface area contributed by atoms with Crippen LogP contribution in [0.1, 0.15) is 25.8 Å². The first-order valence-electron chi connectivity index (χ1n) is 5.64. The van der Waals surface area contributed by atoms with Gasteiger partial charge in [0.1, 0.15) is 0 Å². The van der Waals surface area contributed by atoms with Crippen LogP contribution in [0.5, 0.6) is 0 Å². The van der Waals surface area contributed by atoms with E-state index in [9.17, 15) is 0 Å². The lowest BCUT2D eigenvalue weighted by Gasteiger charge is -2.20. The van der Waals surface area contributed by atoms with Gasteiger partial charge in [0.25, 0.3) is 0 Å². The van der Waals surface area contributed by atoms with E-state index in [0.29, 0.717) is 6.04 Å². The second-order valence-corrected chi connectivity index (χ2v) is 4.42. The van der Waals surface area contributed by atoms with E-state index in [-0.39, 0.29) is 0 Å². The molecule has 0 heterocycles. The molecule has 0 saturated carbocycles. The van der Waals surface area contributed by atoms with Crippen LogP contribution in [0.3, 0.4) is 0 Å². The minimum atomic E-state index is 0.636. The van der Waals surface area contributed by atoms with Gasteiger partial charge in [-0.3, -0.25) is 0 Å². The molecule has 1 rings (SSSR count). The summed E-state index contributed by atoms with van der Waals surface area (Å²) >= 11 is 0. The molecular weight excluding hydrogens is 184 g/mol. The first kappa shape index (κ1) is 12.1. The Labute approximate surface area is 93.1 Å². The van der Waals surface area contributed by atoms with Gasteiger partial charge in [-0.1, -0.05) is 12.1 Å². The van der Waals surface area contributed by atoms with Crippen molar-refractivity contribution in [3.8, 4) is 0 Å². The van der Waals surface area contributed by atoms with Crippen LogP contribution >= 0.6 is 0 Å². The van der Waals surface area contributed by atoms with Crippen molar-refractivity contribution in [1.29, 1.82) is 0 Å². The van der Waals surface area contributed by atoms with Crippen molar-refractivity contribution < 1.29 is 0 Å². The molecule has 84 valence electrons. The van der Waals surface area contributed by atoms with E-state index in [1.807, 2.05) is 12.1 Å². The smallest absolute Gasteiger partial charge is 0.0314 e. The third kappa shape index (κ3) is 4.34. The van der Waals surface area contributed by atoms with Gasteiger partial charge < -0.3 is 10.6 Å². The Morgan fingerprint density at radius 1 is 1.20 bits per heavy atom. The summed E-state index contributed by atoms with van der Waals surface area (Å²) in [5.41, 5.74) is 7.86. The maximum atomic E-state index is 5.64. The number of hydrogen-bond acceptors (Lipinski definition) is 2. The van der Waals surface area contributed by atoms with E-state index >= 15 is 0 Å². The van der Waals surface area contributed by atoms with Gasteiger partial charge in [-0.25, -0.2) is 0 Å². The first-order valence-corrected chi connectivity index (χ1v) is 5.64. The Bertz CT molecular complexity index is 277. The molecule has 0 aliphatic rings. The lowest BCUT2D eigenvalue weighted by Crippen LogP contribution is -2.27. The number of hydrogen-bond donors (Lipinski definition) is 1. The predicted molar refractivity (Wildman–Crippen MR) is 66.9 cm³/mol. The van der Waals surface area contributed by atoms with E-state index in [2.05, 4.69) is 37.9 Å². The molecule has 0 saturated heterocycles. The van der Waals surface area contributed by atoms with E-state index in [1.165, 1.54) is 12.0 Å². The predicted octanol–water partition coefficient (Wildman–Crippen LogP) is 2.54. The summed E-state index contributed by atoms with van der Waals surface area (Å²) in [6.07, 6.45) is 2.34. The van der Waals surface area contributed by atoms with Crippen molar-refractivity contribution >= 4 is 5.69 Å². The molecule has 0 amide bonds. The van der Waals surface area contributed by atoms with E-state index in [0.717, 1.165) is 18.7 Å². The van der Waals surface area contributed by atoms with Crippen LogP contribution in [0.25, 0.3) is 0 Å². The van der Waals surface area contributed by atoms with Gasteiger partial charge in [-0.2, -0.15) is 0 Å². The number of anilines is 1. The quantitative estimate of drug-likeness (QED) is 0.750. The van der Waals surface area contributed by atoms with Crippen molar-refractivity contribution in [2.75, 3.05) is 19.3 Å². The zero-order valence-electron chi connectivity index (χ0n) is 10.0. The van der Waals surface area contributed by atoms with Crippen LogP contribution in [0, 0.1) is 0 Å². The van der Waals surface area contributed by atoms with Gasteiger partial charge in [0.05, 0.1) is 0 Å². The number of benzene rings is 1. The molecule has 0 unspecified atom stereocenters. The number of nitrogens with zero attached hydrogens (tertiary/aromatic N) is 1. The normalized spacial score (nSPS) is 11.3. The van der Waals surface area contributed by atoms with E-state index in [4.69, 9.17) is 5.73 Å². The molecule has 2 N–H and O–H groups in total. The van der Waals surface area contributed by atoms with Crippen LogP contribution in [0.15, 0.2) is 24.3 Å². The molecule has 0 radical (unpaired) electrons. The maximum Gasteiger partial charge on any atom is 0.0314 e. The molecule has 2 heteroatoms. The topological polar surface area (TPSA) is 29.3 Å². The minimum absolute atomic E-state index is 0.636. The largest absolute Gasteiger partial charge is 0.399 e. The molecule has 2 nitrogen and oxygen atoms in total. The Kier molecular flexibility index (Phi) is 4.63. The van der Waals surface area contributed by atoms with Gasteiger partial charge in [-0.05, 0) is 58.0 Å². The number of aryl methyl sites for hydroxylation is 1. The Morgan fingerprint density at radius 3 is 2.33 bits per heavy atom. The molecule has 0 fully saturated rings. The highest BCUT2D eigenvalue weighted by Gasteiger charge is 2.02. The van der Waals surface area contributed by atoms with Gasteiger partial charge in [0, 0.05) is 11.7 Å². The Morgan fingerprint density at radius 2 is 1.80 bits per heavy atom. The molecule has 1 aromatic rings. The van der Waals surface area contributed by atoms with Crippen molar-refractivity contribution in [3.05, 3.63) is 29.8 Å². The zero-order valence-corrected chi connectivity index (χ0v) is 10.0. The molecule has 0 spiro atoms. The minimum Gasteiger partial charge on any atom is -0.399 e. The lowest BCUT2D eigenvalue weighted by molar-refractivity contribution is 0.271. The van der Waals surface area contributed by atoms with Crippen LogP contribution < -0.4 is 5.73 Å². The number of rotatable bonds is 5. The summed E-state index contributed by atoms with van der Waals surface area (Å²) in [6.45, 7) is 5.61. The van der Waals surface area contributed by atoms with Gasteiger partial charge in [0.15, 0.2) is 0 Å². The van der Waals surface area contributed by atoms with Crippen LogP contribution in [0.4, 0.5) is 5.69 Å². The molecule has 15 heavy (non-hydrogen) atoms. The molecular formula is C13H22N2. The SMILES string of the molecule is CC(C)N(C)CCCc1ccc(N)cc1. The second-order valence-electron chi connectivity index (χ2n) is 4.42. The maximum absolute atomic E-state index is 5.64. The van der Waals surface area contributed by atoms with Crippen molar-refractivity contribution in [2.24, 2.45) is 0 Å². The summed E-state index contributed by atoms with van der Waals surface area (Å²) in [5.74, 6) is 0. The average Bonchev–Trinajstić information content (AvgIpc) is 2.20. The van der Waals surface area contributed by atoms with E-state index in [1.54, 1.807) is 0 Å². The second kappa shape index (κ2) is 5.76. The van der Waals surface area contributed by atoms with Gasteiger partial charge in [-0.15, -0.1) is 0 Å². The monoisotopic (exact) mass is 206 g/mol. The molecule has 0 bridgehead atoms. The summed E-state index contributed by atoms with van der Waals surface area (Å²) in [6, 6.07) is 8.81. The fourth-order valence-electron chi connectivity index (χ4n) is 1.48. The highest BCUT2D eigenvalue weighted by molar-refractivity contribution is 5.39. The van der Waals surface area contributed by atoms with Gasteiger partial charge >= 0.3 is 0 Å². The van der Waals surface area contributed by atoms with Crippen molar-refractivity contribution in [1.82, 2.24) is 4.90 Å². The van der Waals surface area contributed by atoms with Crippen LogP contribution in [-0.4, -0.2) is 24.5 Å². The molecule has 0 aliphatic heterocycles. The Hall–Kier alpha value is -1.02. The third-order valence-electron chi connectivity index (χ3n) is 2.84. The summed E-state index contributed by atoms with van der Waals surface area (Å²) in [4.78, 5) is 2.37. The lowest BCUT2D eigenvalue weighted by atomic mass is 10.1. The number of nitrogens with two attached hydrogens (primary N) is 1. The highest BCUT2D eigenvalue weighted by Crippen LogP contribution is 2.08. The van der Waals surface area contributed by atoms with Crippen LogP contribution in [0.2, 0.25) is 0 Å². The molecule has 1 aromatic carbocycles. The number of nitrogen functional groups attached to an aromatic ring is 1. The average molecular weight is 206 g/mol. The van der Waals surface area contributed by atoms with E-state index < -0.39 is 0 Å². The summed E-state index contributed by atoms with van der Waals surface area (Å²) < 4.78 is 0. The third-order valence-corrected chi connectivity index (χ3v) is 2.84. The van der Waals surface area contributed by atoms with Gasteiger partial charge in [0.2, 0.25) is 0 Å². The molecule has 0 aromatic heterocycles. The van der Waals surface area contributed by atoms with Crippen LogP contribution in [-0.2, 0) is 6.42 Å². The molecule has 0 aliphatic carbocycles. The van der Waals surface area contributed by atoms with Crippen molar-refractivity contribution in [2.45, 2.75) is 32.7 Å². The standard InChI is InChI=1S/C13H22N2/c1-11(2)15(3)10-4-5-12-6-8-13(14)9-7-12/h6-9,11H,4-5,10,14H2,1-3H3. The fraction of sp³-hybridized carbons (Fsp3) is 0.538. The fourth-order valence-corrected chi connectivity index (χ4v) is 1.48. The zero-order chi connectivity index (χ0) is 11.3. The van der Waals surface area contributed by atoms with Crippen molar-refractivity contribution in [3.63, 3.8) is 0 Å². The highest BCUT2D eigenvalue weighted by atomic mass is 15.1. The molecule has 0 atom stereocenters. The first-order chi connectivity index (χ1) is 7.09.